The van der Waals surface area contributed by atoms with Crippen LogP contribution < -0.4 is 5.32 Å². The van der Waals surface area contributed by atoms with E-state index in [9.17, 15) is 4.79 Å². The second kappa shape index (κ2) is 5.49. The molecule has 18 heavy (non-hydrogen) atoms. The molecule has 0 bridgehead atoms. The SMILES string of the molecule is Cc1ocnc1CN1CCNCC1C(=O)N(C)C. The molecule has 0 saturated carbocycles. The minimum atomic E-state index is -0.121. The molecule has 1 saturated heterocycles. The average molecular weight is 252 g/mol. The van der Waals surface area contributed by atoms with Crippen molar-refractivity contribution in [2.75, 3.05) is 33.7 Å². The minimum Gasteiger partial charge on any atom is -0.448 e. The molecule has 6 heteroatoms. The number of nitrogens with zero attached hydrogens (tertiary/aromatic N) is 3. The van der Waals surface area contributed by atoms with Crippen molar-refractivity contribution in [2.45, 2.75) is 19.5 Å². The number of carbonyl (C=O) groups excluding carboxylic acids is 1. The summed E-state index contributed by atoms with van der Waals surface area (Å²) >= 11 is 0. The van der Waals surface area contributed by atoms with E-state index in [1.807, 2.05) is 6.92 Å². The Labute approximate surface area is 107 Å². The van der Waals surface area contributed by atoms with Gasteiger partial charge in [-0.15, -0.1) is 0 Å². The molecule has 2 rings (SSSR count). The van der Waals surface area contributed by atoms with Crippen molar-refractivity contribution in [3.63, 3.8) is 0 Å². The zero-order chi connectivity index (χ0) is 13.1. The number of oxazole rings is 1. The standard InChI is InChI=1S/C12H20N4O2/c1-9-10(14-8-18-9)7-16-5-4-13-6-11(16)12(17)15(2)3/h8,11,13H,4-7H2,1-3H3. The molecule has 6 nitrogen and oxygen atoms in total. The first-order chi connectivity index (χ1) is 8.59. The summed E-state index contributed by atoms with van der Waals surface area (Å²) in [5, 5.41) is 3.26. The Hall–Kier alpha value is -1.40. The third-order valence-corrected chi connectivity index (χ3v) is 3.28. The highest BCUT2D eigenvalue weighted by Crippen LogP contribution is 2.13. The Balaban J connectivity index is 2.09. The number of amides is 1. The lowest BCUT2D eigenvalue weighted by atomic mass is 10.1. The van der Waals surface area contributed by atoms with Crippen LogP contribution in [-0.2, 0) is 11.3 Å². The van der Waals surface area contributed by atoms with Crippen LogP contribution in [0.25, 0.3) is 0 Å². The lowest BCUT2D eigenvalue weighted by Gasteiger charge is -2.36. The summed E-state index contributed by atoms with van der Waals surface area (Å²) in [6.45, 7) is 4.99. The monoisotopic (exact) mass is 252 g/mol. The summed E-state index contributed by atoms with van der Waals surface area (Å²) in [6, 6.07) is -0.121. The maximum Gasteiger partial charge on any atom is 0.240 e. The molecular formula is C12H20N4O2. The first-order valence-corrected chi connectivity index (χ1v) is 6.14. The van der Waals surface area contributed by atoms with Crippen LogP contribution in [0.15, 0.2) is 10.8 Å². The molecular weight excluding hydrogens is 232 g/mol. The molecule has 1 fully saturated rings. The maximum absolute atomic E-state index is 12.1. The Morgan fingerprint density at radius 2 is 2.44 bits per heavy atom. The number of aryl methyl sites for hydroxylation is 1. The van der Waals surface area contributed by atoms with Crippen LogP contribution in [0.5, 0.6) is 0 Å². The molecule has 100 valence electrons. The summed E-state index contributed by atoms with van der Waals surface area (Å²) in [4.78, 5) is 20.1. The second-order valence-corrected chi connectivity index (χ2v) is 4.78. The Morgan fingerprint density at radius 3 is 3.06 bits per heavy atom. The van der Waals surface area contributed by atoms with Crippen LogP contribution in [0.1, 0.15) is 11.5 Å². The van der Waals surface area contributed by atoms with E-state index >= 15 is 0 Å². The number of hydrogen-bond acceptors (Lipinski definition) is 5. The molecule has 1 unspecified atom stereocenters. The Morgan fingerprint density at radius 1 is 1.67 bits per heavy atom. The second-order valence-electron chi connectivity index (χ2n) is 4.78. The van der Waals surface area contributed by atoms with Crippen LogP contribution >= 0.6 is 0 Å². The van der Waals surface area contributed by atoms with Gasteiger partial charge in [0.1, 0.15) is 11.8 Å². The van der Waals surface area contributed by atoms with Gasteiger partial charge in [0.25, 0.3) is 0 Å². The zero-order valence-electron chi connectivity index (χ0n) is 11.1. The third kappa shape index (κ3) is 2.70. The number of carbonyl (C=O) groups is 1. The molecule has 0 aliphatic carbocycles. The number of rotatable bonds is 3. The molecule has 1 amide bonds. The molecule has 0 aromatic carbocycles. The van der Waals surface area contributed by atoms with E-state index in [1.54, 1.807) is 19.0 Å². The molecule has 0 spiro atoms. The molecule has 0 radical (unpaired) electrons. The van der Waals surface area contributed by atoms with Gasteiger partial charge in [0, 0.05) is 40.3 Å². The smallest absolute Gasteiger partial charge is 0.240 e. The summed E-state index contributed by atoms with van der Waals surface area (Å²) in [6.07, 6.45) is 1.45. The summed E-state index contributed by atoms with van der Waals surface area (Å²) in [7, 11) is 3.58. The van der Waals surface area contributed by atoms with E-state index in [-0.39, 0.29) is 11.9 Å². The fourth-order valence-corrected chi connectivity index (χ4v) is 2.15. The van der Waals surface area contributed by atoms with Gasteiger partial charge in [-0.25, -0.2) is 4.98 Å². The highest BCUT2D eigenvalue weighted by molar-refractivity contribution is 5.81. The van der Waals surface area contributed by atoms with Crippen LogP contribution in [0, 0.1) is 6.92 Å². The highest BCUT2D eigenvalue weighted by Gasteiger charge is 2.30. The first-order valence-electron chi connectivity index (χ1n) is 6.14. The van der Waals surface area contributed by atoms with Gasteiger partial charge in [0.15, 0.2) is 6.39 Å². The Bertz CT molecular complexity index is 416. The first kappa shape index (κ1) is 13.0. The fourth-order valence-electron chi connectivity index (χ4n) is 2.15. The normalized spacial score (nSPS) is 20.9. The van der Waals surface area contributed by atoms with Crippen molar-refractivity contribution in [3.8, 4) is 0 Å². The van der Waals surface area contributed by atoms with Crippen LogP contribution in [0.2, 0.25) is 0 Å². The largest absolute Gasteiger partial charge is 0.448 e. The van der Waals surface area contributed by atoms with Crippen LogP contribution in [-0.4, -0.2) is 60.5 Å². The van der Waals surface area contributed by atoms with Gasteiger partial charge < -0.3 is 14.6 Å². The predicted molar refractivity (Wildman–Crippen MR) is 67.0 cm³/mol. The van der Waals surface area contributed by atoms with Crippen molar-refractivity contribution in [1.82, 2.24) is 20.1 Å². The van der Waals surface area contributed by atoms with E-state index < -0.39 is 0 Å². The van der Waals surface area contributed by atoms with Gasteiger partial charge in [0.2, 0.25) is 5.91 Å². The summed E-state index contributed by atoms with van der Waals surface area (Å²) < 4.78 is 5.20. The lowest BCUT2D eigenvalue weighted by molar-refractivity contribution is -0.135. The molecule has 2 heterocycles. The topological polar surface area (TPSA) is 61.6 Å². The highest BCUT2D eigenvalue weighted by atomic mass is 16.3. The van der Waals surface area contributed by atoms with Gasteiger partial charge in [-0.2, -0.15) is 0 Å². The van der Waals surface area contributed by atoms with E-state index in [0.29, 0.717) is 13.1 Å². The van der Waals surface area contributed by atoms with Gasteiger partial charge in [-0.1, -0.05) is 0 Å². The van der Waals surface area contributed by atoms with Crippen LogP contribution in [0.3, 0.4) is 0 Å². The quantitative estimate of drug-likeness (QED) is 0.810. The van der Waals surface area contributed by atoms with Gasteiger partial charge in [-0.05, 0) is 6.92 Å². The molecule has 1 aliphatic rings. The number of aromatic nitrogens is 1. The number of likely N-dealkylation sites (N-methyl/N-ethyl adjacent to an activating group) is 1. The molecule has 1 aromatic heterocycles. The van der Waals surface area contributed by atoms with E-state index in [2.05, 4.69) is 15.2 Å². The van der Waals surface area contributed by atoms with Crippen molar-refractivity contribution >= 4 is 5.91 Å². The number of hydrogen-bond donors (Lipinski definition) is 1. The average Bonchev–Trinajstić information content (AvgIpc) is 2.75. The van der Waals surface area contributed by atoms with Gasteiger partial charge >= 0.3 is 0 Å². The van der Waals surface area contributed by atoms with Crippen molar-refractivity contribution in [3.05, 3.63) is 17.8 Å². The van der Waals surface area contributed by atoms with Crippen molar-refractivity contribution < 1.29 is 9.21 Å². The van der Waals surface area contributed by atoms with E-state index in [1.165, 1.54) is 6.39 Å². The van der Waals surface area contributed by atoms with Crippen molar-refractivity contribution in [2.24, 2.45) is 0 Å². The van der Waals surface area contributed by atoms with Crippen LogP contribution in [0.4, 0.5) is 0 Å². The van der Waals surface area contributed by atoms with Crippen molar-refractivity contribution in [1.29, 1.82) is 0 Å². The molecule has 1 atom stereocenters. The predicted octanol–water partition coefficient (Wildman–Crippen LogP) is -0.155. The van der Waals surface area contributed by atoms with E-state index in [0.717, 1.165) is 24.5 Å². The van der Waals surface area contributed by atoms with E-state index in [4.69, 9.17) is 4.42 Å². The maximum atomic E-state index is 12.1. The Kier molecular flexibility index (Phi) is 3.98. The zero-order valence-corrected chi connectivity index (χ0v) is 11.1. The number of nitrogens with one attached hydrogen (secondary N) is 1. The van der Waals surface area contributed by atoms with Gasteiger partial charge in [0.05, 0.1) is 5.69 Å². The minimum absolute atomic E-state index is 0.121. The molecule has 1 N–H and O–H groups in total. The molecule has 1 aliphatic heterocycles. The number of piperazine rings is 1. The van der Waals surface area contributed by atoms with Gasteiger partial charge in [-0.3, -0.25) is 9.69 Å². The lowest BCUT2D eigenvalue weighted by Crippen LogP contribution is -2.57. The summed E-state index contributed by atoms with van der Waals surface area (Å²) in [5.74, 6) is 0.952. The molecule has 1 aromatic rings. The fraction of sp³-hybridized carbons (Fsp3) is 0.667. The third-order valence-electron chi connectivity index (χ3n) is 3.28. The summed E-state index contributed by atoms with van der Waals surface area (Å²) in [5.41, 5.74) is 0.911.